The Morgan fingerprint density at radius 3 is 2.59 bits per heavy atom. The summed E-state index contributed by atoms with van der Waals surface area (Å²) in [6, 6.07) is 17.3. The molecule has 0 radical (unpaired) electrons. The first-order chi connectivity index (χ1) is 10.7. The highest BCUT2D eigenvalue weighted by atomic mass is 16.3. The molecule has 2 N–H and O–H groups in total. The third-order valence-electron chi connectivity index (χ3n) is 3.89. The van der Waals surface area contributed by atoms with Gasteiger partial charge in [-0.2, -0.15) is 0 Å². The molecule has 3 rings (SSSR count). The fraction of sp³-hybridized carbons (Fsp3) is 0.278. The lowest BCUT2D eigenvalue weighted by Gasteiger charge is -2.30. The second kappa shape index (κ2) is 6.62. The van der Waals surface area contributed by atoms with Crippen molar-refractivity contribution in [3.05, 3.63) is 60.2 Å². The lowest BCUT2D eigenvalue weighted by atomic mass is 10.1. The highest BCUT2D eigenvalue weighted by Gasteiger charge is 2.24. The van der Waals surface area contributed by atoms with Crippen LogP contribution in [0.4, 0.5) is 11.4 Å². The SMILES string of the molecule is O=C(c1ccccc1Nc1ccccc1)N1CCCC(O)C1. The quantitative estimate of drug-likeness (QED) is 0.915. The van der Waals surface area contributed by atoms with Gasteiger partial charge in [-0.1, -0.05) is 30.3 Å². The Morgan fingerprint density at radius 2 is 1.82 bits per heavy atom. The number of hydrogen-bond donors (Lipinski definition) is 2. The van der Waals surface area contributed by atoms with Gasteiger partial charge in [-0.15, -0.1) is 0 Å². The van der Waals surface area contributed by atoms with Gasteiger partial charge in [0, 0.05) is 18.8 Å². The maximum atomic E-state index is 12.7. The number of amides is 1. The first-order valence-electron chi connectivity index (χ1n) is 7.62. The van der Waals surface area contributed by atoms with Crippen molar-refractivity contribution in [3.8, 4) is 0 Å². The normalized spacial score (nSPS) is 18.0. The van der Waals surface area contributed by atoms with Gasteiger partial charge in [0.15, 0.2) is 0 Å². The maximum Gasteiger partial charge on any atom is 0.256 e. The topological polar surface area (TPSA) is 52.6 Å². The number of likely N-dealkylation sites (tertiary alicyclic amines) is 1. The number of para-hydroxylation sites is 2. The number of benzene rings is 2. The van der Waals surface area contributed by atoms with Gasteiger partial charge in [0.1, 0.15) is 0 Å². The summed E-state index contributed by atoms with van der Waals surface area (Å²) < 4.78 is 0. The number of β-amino-alcohol motifs (C(OH)–C–C–N with tert-alkyl or cyclic N) is 1. The molecule has 1 heterocycles. The average Bonchev–Trinajstić information content (AvgIpc) is 2.56. The van der Waals surface area contributed by atoms with Gasteiger partial charge in [0.2, 0.25) is 0 Å². The number of piperidine rings is 1. The molecule has 2 aromatic carbocycles. The van der Waals surface area contributed by atoms with E-state index in [1.807, 2.05) is 54.6 Å². The monoisotopic (exact) mass is 296 g/mol. The van der Waals surface area contributed by atoms with Crippen LogP contribution in [0.25, 0.3) is 0 Å². The summed E-state index contributed by atoms with van der Waals surface area (Å²) in [4.78, 5) is 14.5. The summed E-state index contributed by atoms with van der Waals surface area (Å²) in [5.74, 6) is -0.0298. The summed E-state index contributed by atoms with van der Waals surface area (Å²) >= 11 is 0. The average molecular weight is 296 g/mol. The van der Waals surface area contributed by atoms with Crippen LogP contribution in [0.15, 0.2) is 54.6 Å². The number of rotatable bonds is 3. The largest absolute Gasteiger partial charge is 0.391 e. The van der Waals surface area contributed by atoms with Crippen LogP contribution in [0.2, 0.25) is 0 Å². The van der Waals surface area contributed by atoms with Crippen LogP contribution in [-0.4, -0.2) is 35.1 Å². The molecular formula is C18H20N2O2. The first kappa shape index (κ1) is 14.6. The molecule has 0 bridgehead atoms. The molecule has 1 aliphatic heterocycles. The van der Waals surface area contributed by atoms with Crippen molar-refractivity contribution in [2.75, 3.05) is 18.4 Å². The van der Waals surface area contributed by atoms with E-state index in [2.05, 4.69) is 5.32 Å². The zero-order valence-corrected chi connectivity index (χ0v) is 12.4. The van der Waals surface area contributed by atoms with Crippen molar-refractivity contribution in [2.24, 2.45) is 0 Å². The molecule has 0 aliphatic carbocycles. The van der Waals surface area contributed by atoms with Gasteiger partial charge in [-0.3, -0.25) is 4.79 Å². The second-order valence-electron chi connectivity index (χ2n) is 5.58. The lowest BCUT2D eigenvalue weighted by molar-refractivity contribution is 0.0474. The molecule has 0 spiro atoms. The molecule has 22 heavy (non-hydrogen) atoms. The lowest BCUT2D eigenvalue weighted by Crippen LogP contribution is -2.42. The molecule has 4 nitrogen and oxygen atoms in total. The fourth-order valence-electron chi connectivity index (χ4n) is 2.77. The van der Waals surface area contributed by atoms with Gasteiger partial charge in [-0.05, 0) is 37.1 Å². The van der Waals surface area contributed by atoms with E-state index in [1.165, 1.54) is 0 Å². The van der Waals surface area contributed by atoms with Crippen LogP contribution < -0.4 is 5.32 Å². The number of anilines is 2. The number of nitrogens with one attached hydrogen (secondary N) is 1. The number of carbonyl (C=O) groups is 1. The number of aliphatic hydroxyl groups is 1. The van der Waals surface area contributed by atoms with Crippen molar-refractivity contribution in [1.82, 2.24) is 4.90 Å². The van der Waals surface area contributed by atoms with E-state index >= 15 is 0 Å². The molecule has 1 unspecified atom stereocenters. The van der Waals surface area contributed by atoms with Crippen molar-refractivity contribution in [1.29, 1.82) is 0 Å². The Balaban J connectivity index is 1.83. The molecule has 1 amide bonds. The third kappa shape index (κ3) is 3.28. The van der Waals surface area contributed by atoms with Crippen LogP contribution in [0, 0.1) is 0 Å². The molecule has 1 saturated heterocycles. The summed E-state index contributed by atoms with van der Waals surface area (Å²) in [5, 5.41) is 13.1. The number of aliphatic hydroxyl groups excluding tert-OH is 1. The van der Waals surface area contributed by atoms with Crippen LogP contribution in [-0.2, 0) is 0 Å². The molecule has 1 aliphatic rings. The van der Waals surface area contributed by atoms with Gasteiger partial charge in [0.05, 0.1) is 17.4 Å². The van der Waals surface area contributed by atoms with Crippen LogP contribution in [0.5, 0.6) is 0 Å². The molecular weight excluding hydrogens is 276 g/mol. The Kier molecular flexibility index (Phi) is 4.39. The van der Waals surface area contributed by atoms with Crippen LogP contribution in [0.3, 0.4) is 0 Å². The van der Waals surface area contributed by atoms with Crippen molar-refractivity contribution in [3.63, 3.8) is 0 Å². The van der Waals surface area contributed by atoms with Crippen molar-refractivity contribution < 1.29 is 9.90 Å². The predicted octanol–water partition coefficient (Wildman–Crippen LogP) is 3.03. The molecule has 1 fully saturated rings. The Bertz CT molecular complexity index is 643. The van der Waals surface area contributed by atoms with Gasteiger partial charge in [-0.25, -0.2) is 0 Å². The maximum absolute atomic E-state index is 12.7. The van der Waals surface area contributed by atoms with E-state index < -0.39 is 6.10 Å². The Hall–Kier alpha value is -2.33. The zero-order valence-electron chi connectivity index (χ0n) is 12.4. The molecule has 1 atom stereocenters. The molecule has 4 heteroatoms. The highest BCUT2D eigenvalue weighted by Crippen LogP contribution is 2.23. The molecule has 2 aromatic rings. The molecule has 0 saturated carbocycles. The highest BCUT2D eigenvalue weighted by molar-refractivity contribution is 6.00. The van der Waals surface area contributed by atoms with E-state index in [0.717, 1.165) is 24.2 Å². The Labute approximate surface area is 130 Å². The summed E-state index contributed by atoms with van der Waals surface area (Å²) in [6.45, 7) is 1.12. The van der Waals surface area contributed by atoms with E-state index in [9.17, 15) is 9.90 Å². The molecule has 0 aromatic heterocycles. The number of nitrogens with zero attached hydrogens (tertiary/aromatic N) is 1. The smallest absolute Gasteiger partial charge is 0.256 e. The standard InChI is InChI=1S/C18H20N2O2/c21-15-9-6-12-20(13-15)18(22)16-10-4-5-11-17(16)19-14-7-2-1-3-8-14/h1-5,7-8,10-11,15,19,21H,6,9,12-13H2. The van der Waals surface area contributed by atoms with Crippen molar-refractivity contribution >= 4 is 17.3 Å². The predicted molar refractivity (Wildman–Crippen MR) is 87.3 cm³/mol. The van der Waals surface area contributed by atoms with Crippen LogP contribution in [0.1, 0.15) is 23.2 Å². The summed E-state index contributed by atoms with van der Waals surface area (Å²) in [5.41, 5.74) is 2.38. The van der Waals surface area contributed by atoms with Gasteiger partial charge in [0.25, 0.3) is 5.91 Å². The minimum Gasteiger partial charge on any atom is -0.391 e. The summed E-state index contributed by atoms with van der Waals surface area (Å²) in [7, 11) is 0. The zero-order chi connectivity index (χ0) is 15.4. The van der Waals surface area contributed by atoms with E-state index in [1.54, 1.807) is 4.90 Å². The number of carbonyl (C=O) groups excluding carboxylic acids is 1. The summed E-state index contributed by atoms with van der Waals surface area (Å²) in [6.07, 6.45) is 1.21. The van der Waals surface area contributed by atoms with Crippen LogP contribution >= 0.6 is 0 Å². The first-order valence-corrected chi connectivity index (χ1v) is 7.62. The van der Waals surface area contributed by atoms with E-state index in [-0.39, 0.29) is 5.91 Å². The van der Waals surface area contributed by atoms with Crippen molar-refractivity contribution in [2.45, 2.75) is 18.9 Å². The van der Waals surface area contributed by atoms with E-state index in [4.69, 9.17) is 0 Å². The fourth-order valence-corrected chi connectivity index (χ4v) is 2.77. The number of hydrogen-bond acceptors (Lipinski definition) is 3. The molecule has 114 valence electrons. The van der Waals surface area contributed by atoms with Gasteiger partial charge >= 0.3 is 0 Å². The third-order valence-corrected chi connectivity index (χ3v) is 3.89. The minimum atomic E-state index is -0.410. The second-order valence-corrected chi connectivity index (χ2v) is 5.58. The van der Waals surface area contributed by atoms with E-state index in [0.29, 0.717) is 18.7 Å². The Morgan fingerprint density at radius 1 is 1.09 bits per heavy atom. The van der Waals surface area contributed by atoms with Gasteiger partial charge < -0.3 is 15.3 Å². The minimum absolute atomic E-state index is 0.0298.